The molecule has 0 radical (unpaired) electrons. The molecule has 3 aliphatic rings. The number of rotatable bonds is 6. The number of aromatic nitrogens is 3. The van der Waals surface area contributed by atoms with Crippen molar-refractivity contribution in [2.45, 2.75) is 76.0 Å². The van der Waals surface area contributed by atoms with Gasteiger partial charge in [0, 0.05) is 36.8 Å². The molecule has 1 amide bonds. The van der Waals surface area contributed by atoms with E-state index in [4.69, 9.17) is 4.74 Å². The highest BCUT2D eigenvalue weighted by Crippen LogP contribution is 2.47. The Bertz CT molecular complexity index is 1410. The fraction of sp³-hybridized carbons (Fsp3) is 0.464. The number of nitrogens with one attached hydrogen (secondary N) is 1. The summed E-state index contributed by atoms with van der Waals surface area (Å²) in [4.78, 5) is 15.0. The first-order valence-electron chi connectivity index (χ1n) is 12.9. The van der Waals surface area contributed by atoms with Crippen LogP contribution in [0, 0.1) is 0 Å². The zero-order chi connectivity index (χ0) is 26.9. The molecule has 1 saturated heterocycles. The first-order valence-corrected chi connectivity index (χ1v) is 12.9. The second kappa shape index (κ2) is 8.64. The van der Waals surface area contributed by atoms with Crippen molar-refractivity contribution in [2.75, 3.05) is 4.90 Å². The molecular weight excluding hydrogens is 495 g/mol. The number of ether oxygens (including phenoxy) is 1. The smallest absolute Gasteiger partial charge is 0.359 e. The predicted molar refractivity (Wildman–Crippen MR) is 134 cm³/mol. The quantitative estimate of drug-likeness (QED) is 0.486. The zero-order valence-corrected chi connectivity index (χ0v) is 21.6. The summed E-state index contributed by atoms with van der Waals surface area (Å²) in [5.41, 5.74) is 0.249. The Labute approximate surface area is 219 Å². The van der Waals surface area contributed by atoms with Crippen LogP contribution in [0.1, 0.15) is 78.0 Å². The second-order valence-corrected chi connectivity index (χ2v) is 11.1. The molecule has 1 aromatic heterocycles. The van der Waals surface area contributed by atoms with Gasteiger partial charge in [-0.05, 0) is 74.1 Å². The molecule has 1 N–H and O–H groups in total. The highest BCUT2D eigenvalue weighted by molar-refractivity contribution is 6.10. The molecule has 0 bridgehead atoms. The number of hydrogen-bond donors (Lipinski definition) is 1. The molecule has 38 heavy (non-hydrogen) atoms. The highest BCUT2D eigenvalue weighted by Gasteiger charge is 2.50. The van der Waals surface area contributed by atoms with Gasteiger partial charge in [0.05, 0.1) is 18.2 Å². The Morgan fingerprint density at radius 3 is 2.58 bits per heavy atom. The molecule has 6 rings (SSSR count). The molecule has 2 aromatic carbocycles. The van der Waals surface area contributed by atoms with Gasteiger partial charge < -0.3 is 19.5 Å². The molecule has 2 atom stereocenters. The van der Waals surface area contributed by atoms with Crippen molar-refractivity contribution in [1.29, 1.82) is 0 Å². The molecule has 7 nitrogen and oxygen atoms in total. The molecule has 2 aliphatic heterocycles. The largest absolute Gasteiger partial charge is 0.416 e. The molecule has 10 heteroatoms. The maximum Gasteiger partial charge on any atom is 0.416 e. The topological polar surface area (TPSA) is 72.3 Å². The van der Waals surface area contributed by atoms with Gasteiger partial charge in [0.25, 0.3) is 5.91 Å². The maximum atomic E-state index is 14.2. The SMILES string of the molecule is C[C@@H]1C[C@](c2cccc(N3Cc4c(cc(CNC5(C)CCC5)cc4C(F)(F)F)C3=O)c2)(c2nncn2C)O1. The minimum absolute atomic E-state index is 0.0107. The van der Waals surface area contributed by atoms with Crippen LogP contribution in [-0.4, -0.2) is 32.3 Å². The van der Waals surface area contributed by atoms with Crippen molar-refractivity contribution in [3.63, 3.8) is 0 Å². The standard InChI is InChI=1S/C28H30F3N5O2/c1-17-13-27(38-17,25-34-33-16-35(25)3)19-6-4-7-20(12-19)36-15-22-21(24(36)37)10-18(11-23(22)28(29,30)31)14-32-26(2)8-5-9-26/h4,6-7,10-12,16-17,32H,5,8-9,13-15H2,1-3H3/t17-,27+/m1/s1. The van der Waals surface area contributed by atoms with E-state index in [1.165, 1.54) is 11.0 Å². The number of benzene rings is 2. The van der Waals surface area contributed by atoms with Crippen molar-refractivity contribution in [3.8, 4) is 0 Å². The third kappa shape index (κ3) is 4.01. The van der Waals surface area contributed by atoms with Crippen LogP contribution in [0.5, 0.6) is 0 Å². The summed E-state index contributed by atoms with van der Waals surface area (Å²) < 4.78 is 50.5. The Hall–Kier alpha value is -3.24. The minimum Gasteiger partial charge on any atom is -0.359 e. The summed E-state index contributed by atoms with van der Waals surface area (Å²) in [6.45, 7) is 4.18. The first-order chi connectivity index (χ1) is 18.0. The van der Waals surface area contributed by atoms with Crippen LogP contribution in [0.4, 0.5) is 18.9 Å². The van der Waals surface area contributed by atoms with Gasteiger partial charge in [-0.2, -0.15) is 13.2 Å². The van der Waals surface area contributed by atoms with Crippen LogP contribution >= 0.6 is 0 Å². The average molecular weight is 526 g/mol. The summed E-state index contributed by atoms with van der Waals surface area (Å²) in [6.07, 6.45) is 0.808. The Kier molecular flexibility index (Phi) is 5.70. The lowest BCUT2D eigenvalue weighted by Crippen LogP contribution is -2.49. The summed E-state index contributed by atoms with van der Waals surface area (Å²) >= 11 is 0. The fourth-order valence-corrected chi connectivity index (χ4v) is 6.00. The Morgan fingerprint density at radius 1 is 1.21 bits per heavy atom. The number of aryl methyl sites for hydroxylation is 1. The predicted octanol–water partition coefficient (Wildman–Crippen LogP) is 5.08. The normalized spacial score (nSPS) is 24.2. The summed E-state index contributed by atoms with van der Waals surface area (Å²) in [6, 6.07) is 10.1. The van der Waals surface area contributed by atoms with Crippen molar-refractivity contribution in [2.24, 2.45) is 7.05 Å². The van der Waals surface area contributed by atoms with Crippen LogP contribution < -0.4 is 10.2 Å². The van der Waals surface area contributed by atoms with Gasteiger partial charge in [-0.1, -0.05) is 12.1 Å². The van der Waals surface area contributed by atoms with Gasteiger partial charge in [-0.3, -0.25) is 4.79 Å². The highest BCUT2D eigenvalue weighted by atomic mass is 19.4. The lowest BCUT2D eigenvalue weighted by Gasteiger charge is -2.46. The van der Waals surface area contributed by atoms with E-state index in [1.54, 1.807) is 29.1 Å². The average Bonchev–Trinajstić information content (AvgIpc) is 3.41. The third-order valence-corrected chi connectivity index (χ3v) is 8.26. The fourth-order valence-electron chi connectivity index (χ4n) is 6.00. The molecule has 3 aromatic rings. The molecule has 1 aliphatic carbocycles. The van der Waals surface area contributed by atoms with Crippen molar-refractivity contribution in [1.82, 2.24) is 20.1 Å². The van der Waals surface area contributed by atoms with Crippen molar-refractivity contribution in [3.05, 3.63) is 76.4 Å². The summed E-state index contributed by atoms with van der Waals surface area (Å²) in [5.74, 6) is 0.204. The van der Waals surface area contributed by atoms with E-state index in [-0.39, 0.29) is 35.9 Å². The minimum atomic E-state index is -4.57. The number of nitrogens with zero attached hydrogens (tertiary/aromatic N) is 4. The van der Waals surface area contributed by atoms with Gasteiger partial charge >= 0.3 is 6.18 Å². The second-order valence-electron chi connectivity index (χ2n) is 11.1. The number of anilines is 1. The number of carbonyl (C=O) groups excluding carboxylic acids is 1. The molecular formula is C28H30F3N5O2. The zero-order valence-electron chi connectivity index (χ0n) is 21.6. The van der Waals surface area contributed by atoms with Crippen LogP contribution in [0.25, 0.3) is 0 Å². The van der Waals surface area contributed by atoms with Crippen LogP contribution in [-0.2, 0) is 36.7 Å². The van der Waals surface area contributed by atoms with Crippen LogP contribution in [0.2, 0.25) is 0 Å². The number of alkyl halides is 3. The van der Waals surface area contributed by atoms with Gasteiger partial charge in [0.15, 0.2) is 11.4 Å². The van der Waals surface area contributed by atoms with Gasteiger partial charge in [0.2, 0.25) is 0 Å². The van der Waals surface area contributed by atoms with Gasteiger partial charge in [-0.25, -0.2) is 0 Å². The first kappa shape index (κ1) is 25.1. The van der Waals surface area contributed by atoms with E-state index in [1.807, 2.05) is 26.1 Å². The van der Waals surface area contributed by atoms with E-state index in [9.17, 15) is 18.0 Å². The number of halogens is 3. The number of fused-ring (bicyclic) bond motifs is 1. The van der Waals surface area contributed by atoms with Gasteiger partial charge in [0.1, 0.15) is 6.33 Å². The van der Waals surface area contributed by atoms with E-state index in [0.29, 0.717) is 23.5 Å². The molecule has 0 unspecified atom stereocenters. The van der Waals surface area contributed by atoms with E-state index in [0.717, 1.165) is 24.8 Å². The lowest BCUT2D eigenvalue weighted by atomic mass is 9.78. The number of hydrogen-bond acceptors (Lipinski definition) is 5. The number of amides is 1. The molecule has 2 fully saturated rings. The maximum absolute atomic E-state index is 14.2. The monoisotopic (exact) mass is 525 g/mol. The Balaban J connectivity index is 1.34. The van der Waals surface area contributed by atoms with E-state index < -0.39 is 23.2 Å². The molecule has 1 saturated carbocycles. The number of carbonyl (C=O) groups is 1. The van der Waals surface area contributed by atoms with Crippen LogP contribution in [0.15, 0.2) is 42.7 Å². The molecule has 0 spiro atoms. The van der Waals surface area contributed by atoms with Crippen molar-refractivity contribution < 1.29 is 22.7 Å². The Morgan fingerprint density at radius 2 is 1.97 bits per heavy atom. The van der Waals surface area contributed by atoms with Crippen LogP contribution in [0.3, 0.4) is 0 Å². The van der Waals surface area contributed by atoms with Gasteiger partial charge in [-0.15, -0.1) is 10.2 Å². The third-order valence-electron chi connectivity index (χ3n) is 8.26. The lowest BCUT2D eigenvalue weighted by molar-refractivity contribution is -0.184. The van der Waals surface area contributed by atoms with E-state index >= 15 is 0 Å². The molecule has 3 heterocycles. The summed E-state index contributed by atoms with van der Waals surface area (Å²) in [7, 11) is 1.84. The van der Waals surface area contributed by atoms with Crippen molar-refractivity contribution >= 4 is 11.6 Å². The van der Waals surface area contributed by atoms with E-state index in [2.05, 4.69) is 22.4 Å². The molecule has 200 valence electrons. The summed E-state index contributed by atoms with van der Waals surface area (Å²) in [5, 5.41) is 11.6.